The van der Waals surface area contributed by atoms with Gasteiger partial charge >= 0.3 is 5.97 Å². The third-order valence-corrected chi connectivity index (χ3v) is 5.21. The van der Waals surface area contributed by atoms with Crippen LogP contribution in [0, 0.1) is 5.92 Å². The largest absolute Gasteiger partial charge is 0.480 e. The van der Waals surface area contributed by atoms with Gasteiger partial charge in [-0.3, -0.25) is 14.4 Å². The van der Waals surface area contributed by atoms with Crippen molar-refractivity contribution in [2.45, 2.75) is 78.2 Å². The molecule has 0 spiro atoms. The van der Waals surface area contributed by atoms with Crippen LogP contribution in [0.25, 0.3) is 0 Å². The zero-order valence-corrected chi connectivity index (χ0v) is 16.0. The van der Waals surface area contributed by atoms with Gasteiger partial charge in [0, 0.05) is 32.5 Å². The maximum Gasteiger partial charge on any atom is 0.323 e. The van der Waals surface area contributed by atoms with Gasteiger partial charge in [-0.05, 0) is 31.6 Å². The molecular weight excluding hydrogens is 320 g/mol. The zero-order chi connectivity index (χ0) is 18.8. The lowest BCUT2D eigenvalue weighted by molar-refractivity contribution is -0.145. The second-order valence-electron chi connectivity index (χ2n) is 7.13. The van der Waals surface area contributed by atoms with Gasteiger partial charge in [-0.15, -0.1) is 0 Å². The predicted molar refractivity (Wildman–Crippen MR) is 97.2 cm³/mol. The van der Waals surface area contributed by atoms with E-state index in [1.54, 1.807) is 0 Å². The first kappa shape index (κ1) is 21.5. The molecule has 1 aliphatic heterocycles. The summed E-state index contributed by atoms with van der Waals surface area (Å²) in [6.45, 7) is 6.78. The van der Waals surface area contributed by atoms with Crippen molar-refractivity contribution in [3.05, 3.63) is 0 Å². The number of carbonyl (C=O) groups excluding carboxylic acids is 2. The number of nitrogens with zero attached hydrogens (tertiary/aromatic N) is 2. The van der Waals surface area contributed by atoms with Gasteiger partial charge in [0.25, 0.3) is 0 Å². The molecule has 2 unspecified atom stereocenters. The van der Waals surface area contributed by atoms with Crippen molar-refractivity contribution in [2.24, 2.45) is 5.92 Å². The molecule has 1 rings (SSSR count). The molecule has 25 heavy (non-hydrogen) atoms. The number of likely N-dealkylation sites (tertiary alicyclic amines) is 1. The monoisotopic (exact) mass is 354 g/mol. The Bertz CT molecular complexity index is 453. The molecule has 2 atom stereocenters. The fraction of sp³-hybridized carbons (Fsp3) is 0.842. The Morgan fingerprint density at radius 2 is 1.92 bits per heavy atom. The van der Waals surface area contributed by atoms with Crippen molar-refractivity contribution >= 4 is 17.8 Å². The second-order valence-corrected chi connectivity index (χ2v) is 7.13. The maximum atomic E-state index is 12.6. The average Bonchev–Trinajstić information content (AvgIpc) is 2.81. The number of unbranched alkanes of at least 4 members (excludes halogenated alkanes) is 1. The highest BCUT2D eigenvalue weighted by Crippen LogP contribution is 2.21. The molecule has 1 heterocycles. The third-order valence-electron chi connectivity index (χ3n) is 5.21. The highest BCUT2D eigenvalue weighted by Gasteiger charge is 2.28. The Morgan fingerprint density at radius 1 is 1.20 bits per heavy atom. The van der Waals surface area contributed by atoms with Crippen molar-refractivity contribution < 1.29 is 19.5 Å². The molecule has 0 aromatic carbocycles. The predicted octanol–water partition coefficient (Wildman–Crippen LogP) is 2.91. The smallest absolute Gasteiger partial charge is 0.323 e. The Kier molecular flexibility index (Phi) is 9.53. The van der Waals surface area contributed by atoms with Crippen LogP contribution in [0.2, 0.25) is 0 Å². The molecule has 0 saturated carbocycles. The van der Waals surface area contributed by atoms with Crippen molar-refractivity contribution in [1.29, 1.82) is 0 Å². The first-order valence-electron chi connectivity index (χ1n) is 9.65. The summed E-state index contributed by atoms with van der Waals surface area (Å²) in [6, 6.07) is -0.0894. The molecular formula is C19H34N2O4. The van der Waals surface area contributed by atoms with Crippen LogP contribution >= 0.6 is 0 Å². The normalized spacial score (nSPS) is 19.2. The van der Waals surface area contributed by atoms with E-state index < -0.39 is 5.97 Å². The van der Waals surface area contributed by atoms with Crippen LogP contribution in [0.15, 0.2) is 0 Å². The molecule has 0 aliphatic carbocycles. The Morgan fingerprint density at radius 3 is 2.48 bits per heavy atom. The van der Waals surface area contributed by atoms with Gasteiger partial charge in [-0.1, -0.05) is 33.1 Å². The Labute approximate surface area is 151 Å². The number of carbonyl (C=O) groups is 3. The van der Waals surface area contributed by atoms with E-state index in [0.29, 0.717) is 31.8 Å². The van der Waals surface area contributed by atoms with Crippen LogP contribution < -0.4 is 0 Å². The summed E-state index contributed by atoms with van der Waals surface area (Å²) in [6.07, 6.45) is 7.27. The van der Waals surface area contributed by atoms with E-state index >= 15 is 0 Å². The summed E-state index contributed by atoms with van der Waals surface area (Å²) in [5, 5.41) is 9.01. The van der Waals surface area contributed by atoms with E-state index in [4.69, 9.17) is 5.11 Å². The summed E-state index contributed by atoms with van der Waals surface area (Å²) >= 11 is 0. The van der Waals surface area contributed by atoms with Gasteiger partial charge < -0.3 is 14.9 Å². The molecule has 6 nitrogen and oxygen atoms in total. The number of carboxylic acid groups (broad SMARTS) is 1. The zero-order valence-electron chi connectivity index (χ0n) is 16.0. The number of rotatable bonds is 9. The molecule has 144 valence electrons. The number of aliphatic carboxylic acids is 1. The number of amides is 2. The third kappa shape index (κ3) is 7.45. The molecule has 6 heteroatoms. The number of hydrogen-bond acceptors (Lipinski definition) is 3. The fourth-order valence-electron chi connectivity index (χ4n) is 3.60. The van der Waals surface area contributed by atoms with Gasteiger partial charge in [0.15, 0.2) is 0 Å². The van der Waals surface area contributed by atoms with Gasteiger partial charge in [-0.2, -0.15) is 0 Å². The lowest BCUT2D eigenvalue weighted by Crippen LogP contribution is -2.43. The van der Waals surface area contributed by atoms with E-state index in [2.05, 4.69) is 13.8 Å². The standard InChI is InChI=1S/C19H34N2O4/c1-4-6-8-16(5-2)13-18(23)20-11-7-9-17(10-12-20)21(15(3)22)14-19(24)25/h16-17H,4-14H2,1-3H3,(H,24,25). The summed E-state index contributed by atoms with van der Waals surface area (Å²) < 4.78 is 0. The van der Waals surface area contributed by atoms with Gasteiger partial charge in [0.1, 0.15) is 6.54 Å². The van der Waals surface area contributed by atoms with Gasteiger partial charge in [-0.25, -0.2) is 0 Å². The van der Waals surface area contributed by atoms with Crippen LogP contribution in [-0.4, -0.2) is 58.4 Å². The van der Waals surface area contributed by atoms with Gasteiger partial charge in [0.05, 0.1) is 0 Å². The first-order valence-corrected chi connectivity index (χ1v) is 9.65. The first-order chi connectivity index (χ1) is 11.9. The van der Waals surface area contributed by atoms with Crippen LogP contribution in [0.1, 0.15) is 72.1 Å². The van der Waals surface area contributed by atoms with Crippen LogP contribution in [0.5, 0.6) is 0 Å². The fourth-order valence-corrected chi connectivity index (χ4v) is 3.60. The minimum atomic E-state index is -0.992. The van der Waals surface area contributed by atoms with E-state index in [1.165, 1.54) is 11.8 Å². The summed E-state index contributed by atoms with van der Waals surface area (Å²) in [7, 11) is 0. The van der Waals surface area contributed by atoms with Crippen molar-refractivity contribution in [3.63, 3.8) is 0 Å². The molecule has 0 aromatic heterocycles. The van der Waals surface area contributed by atoms with E-state index in [9.17, 15) is 14.4 Å². The Hall–Kier alpha value is -1.59. The van der Waals surface area contributed by atoms with Crippen molar-refractivity contribution in [3.8, 4) is 0 Å². The van der Waals surface area contributed by atoms with Crippen LogP contribution in [0.4, 0.5) is 0 Å². The number of carboxylic acids is 1. The summed E-state index contributed by atoms with van der Waals surface area (Å²) in [4.78, 5) is 38.7. The lowest BCUT2D eigenvalue weighted by atomic mass is 9.95. The summed E-state index contributed by atoms with van der Waals surface area (Å²) in [5.74, 6) is -0.546. The molecule has 0 radical (unpaired) electrons. The van der Waals surface area contributed by atoms with E-state index in [-0.39, 0.29) is 24.4 Å². The lowest BCUT2D eigenvalue weighted by Gasteiger charge is -2.29. The highest BCUT2D eigenvalue weighted by molar-refractivity contribution is 5.80. The van der Waals surface area contributed by atoms with Crippen molar-refractivity contribution in [2.75, 3.05) is 19.6 Å². The molecule has 0 aromatic rings. The molecule has 2 amide bonds. The molecule has 1 aliphatic rings. The number of hydrogen-bond donors (Lipinski definition) is 1. The van der Waals surface area contributed by atoms with E-state index in [0.717, 1.165) is 38.5 Å². The highest BCUT2D eigenvalue weighted by atomic mass is 16.4. The molecule has 1 fully saturated rings. The molecule has 1 N–H and O–H groups in total. The van der Waals surface area contributed by atoms with Crippen LogP contribution in [-0.2, 0) is 14.4 Å². The molecule has 1 saturated heterocycles. The quantitative estimate of drug-likeness (QED) is 0.690. The SMILES string of the molecule is CCCCC(CC)CC(=O)N1CCCC(N(CC(=O)O)C(C)=O)CC1. The van der Waals surface area contributed by atoms with Crippen molar-refractivity contribution in [1.82, 2.24) is 9.80 Å². The average molecular weight is 354 g/mol. The Balaban J connectivity index is 2.59. The van der Waals surface area contributed by atoms with E-state index in [1.807, 2.05) is 4.90 Å². The topological polar surface area (TPSA) is 77.9 Å². The van der Waals surface area contributed by atoms with Crippen LogP contribution in [0.3, 0.4) is 0 Å². The minimum absolute atomic E-state index is 0.0894. The molecule has 0 bridgehead atoms. The second kappa shape index (κ2) is 11.1. The summed E-state index contributed by atoms with van der Waals surface area (Å²) in [5.41, 5.74) is 0. The maximum absolute atomic E-state index is 12.6. The minimum Gasteiger partial charge on any atom is -0.480 e. The van der Waals surface area contributed by atoms with Gasteiger partial charge in [0.2, 0.25) is 11.8 Å².